The molecule has 1 aromatic carbocycles. The molecule has 0 aliphatic rings. The highest BCUT2D eigenvalue weighted by Crippen LogP contribution is 2.13. The van der Waals surface area contributed by atoms with Gasteiger partial charge in [-0.2, -0.15) is 5.26 Å². The summed E-state index contributed by atoms with van der Waals surface area (Å²) in [7, 11) is 1.75. The predicted octanol–water partition coefficient (Wildman–Crippen LogP) is 2.23. The molecule has 1 amide bonds. The number of carbonyl (C=O) groups excluding carboxylic acids is 1. The fourth-order valence-electron chi connectivity index (χ4n) is 1.20. The first kappa shape index (κ1) is 13.7. The van der Waals surface area contributed by atoms with Gasteiger partial charge in [-0.25, -0.2) is 0 Å². The Bertz CT molecular complexity index is 424. The Morgan fingerprint density at radius 3 is 2.65 bits per heavy atom. The summed E-state index contributed by atoms with van der Waals surface area (Å²) in [4.78, 5) is 13.3. The molecule has 5 heteroatoms. The third-order valence-corrected chi connectivity index (χ3v) is 2.90. The van der Waals surface area contributed by atoms with Crippen molar-refractivity contribution in [2.24, 2.45) is 0 Å². The number of hydrogen-bond donors (Lipinski definition) is 1. The van der Waals surface area contributed by atoms with Crippen LogP contribution in [0.15, 0.2) is 28.7 Å². The Morgan fingerprint density at radius 2 is 2.12 bits per heavy atom. The number of nitrogens with one attached hydrogen (secondary N) is 1. The molecule has 0 spiro atoms. The standard InChI is InChI=1S/C12H14BrN3O/c1-9(7-14)16(2)8-12(17)15-11-5-3-10(13)4-6-11/h3-6,9H,8H2,1-2H3,(H,15,17). The second kappa shape index (κ2) is 6.38. The molecule has 1 N–H and O–H groups in total. The molecule has 17 heavy (non-hydrogen) atoms. The van der Waals surface area contributed by atoms with E-state index in [1.165, 1.54) is 0 Å². The second-order valence-electron chi connectivity index (χ2n) is 3.78. The molecule has 0 saturated carbocycles. The molecule has 1 aromatic rings. The van der Waals surface area contributed by atoms with Gasteiger partial charge in [0.2, 0.25) is 5.91 Å². The number of rotatable bonds is 4. The molecule has 0 bridgehead atoms. The van der Waals surface area contributed by atoms with Crippen molar-refractivity contribution in [2.75, 3.05) is 18.9 Å². The first-order valence-corrected chi connectivity index (χ1v) is 5.97. The normalized spacial score (nSPS) is 11.9. The van der Waals surface area contributed by atoms with Gasteiger partial charge >= 0.3 is 0 Å². The summed E-state index contributed by atoms with van der Waals surface area (Å²) < 4.78 is 0.964. The van der Waals surface area contributed by atoms with Crippen molar-refractivity contribution in [1.29, 1.82) is 5.26 Å². The second-order valence-corrected chi connectivity index (χ2v) is 4.69. The van der Waals surface area contributed by atoms with E-state index in [-0.39, 0.29) is 18.5 Å². The molecule has 1 atom stereocenters. The molecule has 0 saturated heterocycles. The minimum atomic E-state index is -0.273. The number of carbonyl (C=O) groups is 1. The van der Waals surface area contributed by atoms with Gasteiger partial charge in [0.15, 0.2) is 0 Å². The van der Waals surface area contributed by atoms with Crippen molar-refractivity contribution in [1.82, 2.24) is 4.90 Å². The average Bonchev–Trinajstić information content (AvgIpc) is 2.30. The van der Waals surface area contributed by atoms with Crippen LogP contribution in [0.1, 0.15) is 6.92 Å². The van der Waals surface area contributed by atoms with E-state index in [0.717, 1.165) is 10.2 Å². The van der Waals surface area contributed by atoms with Crippen molar-refractivity contribution in [2.45, 2.75) is 13.0 Å². The summed E-state index contributed by atoms with van der Waals surface area (Å²) in [5.74, 6) is -0.128. The van der Waals surface area contributed by atoms with Crippen molar-refractivity contribution < 1.29 is 4.79 Å². The van der Waals surface area contributed by atoms with Crippen molar-refractivity contribution in [3.63, 3.8) is 0 Å². The number of anilines is 1. The van der Waals surface area contributed by atoms with Gasteiger partial charge in [-0.1, -0.05) is 15.9 Å². The SMILES string of the molecule is CC(C#N)N(C)CC(=O)Nc1ccc(Br)cc1. The van der Waals surface area contributed by atoms with Crippen LogP contribution in [0.25, 0.3) is 0 Å². The van der Waals surface area contributed by atoms with Gasteiger partial charge < -0.3 is 5.32 Å². The highest BCUT2D eigenvalue weighted by molar-refractivity contribution is 9.10. The Kier molecular flexibility index (Phi) is 5.13. The van der Waals surface area contributed by atoms with E-state index in [1.807, 2.05) is 24.3 Å². The van der Waals surface area contributed by atoms with Crippen LogP contribution in [0, 0.1) is 11.3 Å². The number of amides is 1. The summed E-state index contributed by atoms with van der Waals surface area (Å²) in [6, 6.07) is 9.16. The van der Waals surface area contributed by atoms with Gasteiger partial charge in [0.25, 0.3) is 0 Å². The van der Waals surface area contributed by atoms with E-state index >= 15 is 0 Å². The summed E-state index contributed by atoms with van der Waals surface area (Å²) in [5.41, 5.74) is 0.746. The summed E-state index contributed by atoms with van der Waals surface area (Å²) in [6.07, 6.45) is 0. The lowest BCUT2D eigenvalue weighted by molar-refractivity contribution is -0.117. The topological polar surface area (TPSA) is 56.1 Å². The van der Waals surface area contributed by atoms with Crippen LogP contribution in [0.4, 0.5) is 5.69 Å². The van der Waals surface area contributed by atoms with E-state index in [9.17, 15) is 4.79 Å². The van der Waals surface area contributed by atoms with E-state index in [1.54, 1.807) is 18.9 Å². The number of hydrogen-bond acceptors (Lipinski definition) is 3. The Morgan fingerprint density at radius 1 is 1.53 bits per heavy atom. The van der Waals surface area contributed by atoms with E-state index in [2.05, 4.69) is 27.3 Å². The smallest absolute Gasteiger partial charge is 0.238 e. The van der Waals surface area contributed by atoms with Crippen LogP contribution < -0.4 is 5.32 Å². The minimum absolute atomic E-state index is 0.128. The van der Waals surface area contributed by atoms with Crippen molar-refractivity contribution in [3.8, 4) is 6.07 Å². The molecule has 4 nitrogen and oxygen atoms in total. The number of benzene rings is 1. The monoisotopic (exact) mass is 295 g/mol. The zero-order chi connectivity index (χ0) is 12.8. The molecular formula is C12H14BrN3O. The first-order chi connectivity index (χ1) is 8.02. The quantitative estimate of drug-likeness (QED) is 0.927. The maximum Gasteiger partial charge on any atom is 0.238 e. The first-order valence-electron chi connectivity index (χ1n) is 5.18. The lowest BCUT2D eigenvalue weighted by atomic mass is 10.3. The van der Waals surface area contributed by atoms with Gasteiger partial charge in [0.05, 0.1) is 18.7 Å². The molecule has 0 fully saturated rings. The fraction of sp³-hybridized carbons (Fsp3) is 0.333. The van der Waals surface area contributed by atoms with E-state index in [4.69, 9.17) is 5.26 Å². The van der Waals surface area contributed by atoms with Gasteiger partial charge in [0.1, 0.15) is 0 Å². The Hall–Kier alpha value is -1.38. The van der Waals surface area contributed by atoms with Crippen LogP contribution in [0.2, 0.25) is 0 Å². The predicted molar refractivity (Wildman–Crippen MR) is 70.5 cm³/mol. The van der Waals surface area contributed by atoms with Crippen LogP contribution in [-0.2, 0) is 4.79 Å². The molecule has 90 valence electrons. The van der Waals surface area contributed by atoms with Gasteiger partial charge in [-0.3, -0.25) is 9.69 Å². The third kappa shape index (κ3) is 4.55. The molecular weight excluding hydrogens is 282 g/mol. The third-order valence-electron chi connectivity index (χ3n) is 2.37. The molecule has 0 heterocycles. The van der Waals surface area contributed by atoms with Crippen molar-refractivity contribution in [3.05, 3.63) is 28.7 Å². The summed E-state index contributed by atoms with van der Waals surface area (Å²) in [6.45, 7) is 1.96. The maximum absolute atomic E-state index is 11.7. The van der Waals surface area contributed by atoms with Crippen LogP contribution in [0.5, 0.6) is 0 Å². The lowest BCUT2D eigenvalue weighted by Gasteiger charge is -2.18. The number of nitriles is 1. The summed E-state index contributed by atoms with van der Waals surface area (Å²) >= 11 is 3.32. The number of halogens is 1. The zero-order valence-corrected chi connectivity index (χ0v) is 11.4. The number of likely N-dealkylation sites (N-methyl/N-ethyl adjacent to an activating group) is 1. The number of nitrogens with zero attached hydrogens (tertiary/aromatic N) is 2. The Labute approximate surface area is 109 Å². The average molecular weight is 296 g/mol. The lowest BCUT2D eigenvalue weighted by Crippen LogP contribution is -2.35. The molecule has 0 radical (unpaired) electrons. The Balaban J connectivity index is 2.50. The maximum atomic E-state index is 11.7. The fourth-order valence-corrected chi connectivity index (χ4v) is 1.46. The molecule has 0 aliphatic heterocycles. The van der Waals surface area contributed by atoms with Crippen LogP contribution in [0.3, 0.4) is 0 Å². The van der Waals surface area contributed by atoms with Crippen LogP contribution >= 0.6 is 15.9 Å². The minimum Gasteiger partial charge on any atom is -0.325 e. The molecule has 1 rings (SSSR count). The highest BCUT2D eigenvalue weighted by atomic mass is 79.9. The summed E-state index contributed by atoms with van der Waals surface area (Å²) in [5, 5.41) is 11.5. The van der Waals surface area contributed by atoms with E-state index in [0.29, 0.717) is 0 Å². The van der Waals surface area contributed by atoms with Crippen molar-refractivity contribution >= 4 is 27.5 Å². The zero-order valence-electron chi connectivity index (χ0n) is 9.77. The molecule has 0 aromatic heterocycles. The van der Waals surface area contributed by atoms with E-state index < -0.39 is 0 Å². The molecule has 1 unspecified atom stereocenters. The van der Waals surface area contributed by atoms with Gasteiger partial charge in [-0.15, -0.1) is 0 Å². The van der Waals surface area contributed by atoms with Gasteiger partial charge in [-0.05, 0) is 38.2 Å². The highest BCUT2D eigenvalue weighted by Gasteiger charge is 2.12. The largest absolute Gasteiger partial charge is 0.325 e. The van der Waals surface area contributed by atoms with Gasteiger partial charge in [0, 0.05) is 10.2 Å². The van der Waals surface area contributed by atoms with Crippen LogP contribution in [-0.4, -0.2) is 30.4 Å². The molecule has 0 aliphatic carbocycles.